The quantitative estimate of drug-likeness (QED) is 0.0375. The van der Waals surface area contributed by atoms with Crippen LogP contribution in [-0.4, -0.2) is 36.4 Å². The Kier molecular flexibility index (Phi) is 49.2. The Morgan fingerprint density at radius 1 is 0.359 bits per heavy atom. The molecule has 0 aliphatic heterocycles. The van der Waals surface area contributed by atoms with Crippen LogP contribution in [0.25, 0.3) is 0 Å². The predicted octanol–water partition coefficient (Wildman–Crippen LogP) is 16.8. The number of carbonyl (C=O) groups is 2. The standard InChI is InChI=1S/C59H90O5/c1-3-5-7-9-11-13-15-17-19-21-23-25-26-27-28-29-30-31-32-34-36-38-40-42-44-46-48-50-52-54-59(62)64-57(55-60)56-63-58(61)53-51-49-47-45-43-41-39-37-35-33-24-22-20-18-16-14-12-10-8-6-4-2/h5-8,11-14,17-20,23-25,27-28,30-31,33-34,36,40,42,46,48,57,60H,3-4,9-10,15-16,21-22,26,29,32,35,37-39,41,43-45,47,49-56H2,1-2H3/b7-5-,8-6-,13-11-,14-12-,19-17-,20-18-,25-23-,28-27-,31-30-,33-24-,36-34-,42-40-,48-46-. The second kappa shape index (κ2) is 52.9. The molecule has 356 valence electrons. The number of esters is 2. The van der Waals surface area contributed by atoms with Crippen molar-refractivity contribution in [3.8, 4) is 0 Å². The van der Waals surface area contributed by atoms with E-state index < -0.39 is 6.10 Å². The van der Waals surface area contributed by atoms with Gasteiger partial charge in [0.25, 0.3) is 0 Å². The van der Waals surface area contributed by atoms with Gasteiger partial charge >= 0.3 is 11.9 Å². The van der Waals surface area contributed by atoms with E-state index in [9.17, 15) is 14.7 Å². The fourth-order valence-electron chi connectivity index (χ4n) is 6.13. The van der Waals surface area contributed by atoms with Crippen molar-refractivity contribution in [3.63, 3.8) is 0 Å². The first-order valence-corrected chi connectivity index (χ1v) is 25.0. The van der Waals surface area contributed by atoms with E-state index in [1.54, 1.807) is 0 Å². The molecule has 1 N–H and O–H groups in total. The molecule has 0 aromatic heterocycles. The molecule has 0 bridgehead atoms. The highest BCUT2D eigenvalue weighted by Crippen LogP contribution is 2.12. The maximum Gasteiger partial charge on any atom is 0.306 e. The van der Waals surface area contributed by atoms with Gasteiger partial charge in [0, 0.05) is 12.8 Å². The number of rotatable bonds is 43. The summed E-state index contributed by atoms with van der Waals surface area (Å²) >= 11 is 0. The Hall–Kier alpha value is -4.48. The number of carbonyl (C=O) groups excluding carboxylic acids is 2. The number of hydrogen-bond donors (Lipinski definition) is 1. The van der Waals surface area contributed by atoms with Gasteiger partial charge in [-0.1, -0.05) is 210 Å². The van der Waals surface area contributed by atoms with Crippen LogP contribution < -0.4 is 0 Å². The van der Waals surface area contributed by atoms with Crippen LogP contribution in [0.15, 0.2) is 158 Å². The maximum absolute atomic E-state index is 12.2. The van der Waals surface area contributed by atoms with E-state index in [0.717, 1.165) is 116 Å². The highest BCUT2D eigenvalue weighted by atomic mass is 16.6. The van der Waals surface area contributed by atoms with E-state index >= 15 is 0 Å². The molecule has 0 saturated heterocycles. The van der Waals surface area contributed by atoms with Crippen LogP contribution in [0, 0.1) is 0 Å². The first-order valence-electron chi connectivity index (χ1n) is 25.0. The van der Waals surface area contributed by atoms with E-state index in [1.807, 2.05) is 0 Å². The molecule has 64 heavy (non-hydrogen) atoms. The van der Waals surface area contributed by atoms with Crippen LogP contribution in [0.2, 0.25) is 0 Å². The Balaban J connectivity index is 3.73. The van der Waals surface area contributed by atoms with Gasteiger partial charge < -0.3 is 14.6 Å². The van der Waals surface area contributed by atoms with Crippen LogP contribution in [0.4, 0.5) is 0 Å². The van der Waals surface area contributed by atoms with E-state index in [0.29, 0.717) is 12.8 Å². The lowest BCUT2D eigenvalue weighted by Gasteiger charge is -2.15. The van der Waals surface area contributed by atoms with Gasteiger partial charge in [0.15, 0.2) is 6.10 Å². The zero-order chi connectivity index (χ0) is 46.3. The van der Waals surface area contributed by atoms with Gasteiger partial charge in [-0.2, -0.15) is 0 Å². The molecule has 1 atom stereocenters. The fraction of sp³-hybridized carbons (Fsp3) is 0.525. The third-order valence-corrected chi connectivity index (χ3v) is 9.82. The van der Waals surface area contributed by atoms with Crippen LogP contribution in [0.1, 0.15) is 181 Å². The minimum atomic E-state index is -0.820. The summed E-state index contributed by atoms with van der Waals surface area (Å²) in [4.78, 5) is 24.4. The summed E-state index contributed by atoms with van der Waals surface area (Å²) in [7, 11) is 0. The molecule has 0 radical (unpaired) electrons. The Labute approximate surface area is 392 Å². The molecule has 5 heteroatoms. The summed E-state index contributed by atoms with van der Waals surface area (Å²) < 4.78 is 10.6. The number of aliphatic hydroxyl groups is 1. The topological polar surface area (TPSA) is 72.8 Å². The van der Waals surface area contributed by atoms with Crippen molar-refractivity contribution < 1.29 is 24.2 Å². The van der Waals surface area contributed by atoms with Crippen molar-refractivity contribution in [2.75, 3.05) is 13.2 Å². The highest BCUT2D eigenvalue weighted by Gasteiger charge is 2.16. The van der Waals surface area contributed by atoms with Gasteiger partial charge in [-0.25, -0.2) is 0 Å². The van der Waals surface area contributed by atoms with E-state index in [2.05, 4.69) is 172 Å². The van der Waals surface area contributed by atoms with Gasteiger partial charge in [0.2, 0.25) is 0 Å². The van der Waals surface area contributed by atoms with Crippen LogP contribution in [0.3, 0.4) is 0 Å². The van der Waals surface area contributed by atoms with E-state index in [-0.39, 0.29) is 31.6 Å². The Bertz CT molecular complexity index is 1460. The lowest BCUT2D eigenvalue weighted by molar-refractivity contribution is -0.161. The van der Waals surface area contributed by atoms with Crippen molar-refractivity contribution >= 4 is 11.9 Å². The summed E-state index contributed by atoms with van der Waals surface area (Å²) in [5, 5.41) is 9.62. The van der Waals surface area contributed by atoms with E-state index in [1.165, 1.54) is 32.1 Å². The monoisotopic (exact) mass is 879 g/mol. The fourth-order valence-corrected chi connectivity index (χ4v) is 6.13. The summed E-state index contributed by atoms with van der Waals surface area (Å²) in [6.45, 7) is 3.84. The molecule has 0 saturated carbocycles. The first-order chi connectivity index (χ1) is 31.6. The van der Waals surface area contributed by atoms with Gasteiger partial charge in [0.05, 0.1) is 6.61 Å². The van der Waals surface area contributed by atoms with Crippen LogP contribution in [-0.2, 0) is 19.1 Å². The molecule has 0 aliphatic carbocycles. The molecule has 5 nitrogen and oxygen atoms in total. The molecule has 0 amide bonds. The normalized spacial score (nSPS) is 13.6. The van der Waals surface area contributed by atoms with Crippen molar-refractivity contribution in [3.05, 3.63) is 158 Å². The maximum atomic E-state index is 12.2. The summed E-state index contributed by atoms with van der Waals surface area (Å²) in [5.41, 5.74) is 0. The molecule has 0 aromatic rings. The molecule has 0 spiro atoms. The third kappa shape index (κ3) is 50.2. The average Bonchev–Trinajstić information content (AvgIpc) is 3.30. The second-order valence-corrected chi connectivity index (χ2v) is 15.8. The molecule has 1 unspecified atom stereocenters. The minimum absolute atomic E-state index is 0.105. The molecular formula is C59H90O5. The summed E-state index contributed by atoms with van der Waals surface area (Å²) in [6.07, 6.45) is 81.9. The minimum Gasteiger partial charge on any atom is -0.462 e. The van der Waals surface area contributed by atoms with Crippen molar-refractivity contribution in [1.29, 1.82) is 0 Å². The Morgan fingerprint density at radius 3 is 0.984 bits per heavy atom. The highest BCUT2D eigenvalue weighted by molar-refractivity contribution is 5.70. The number of hydrogen-bond acceptors (Lipinski definition) is 5. The summed E-state index contributed by atoms with van der Waals surface area (Å²) in [6, 6.07) is 0. The third-order valence-electron chi connectivity index (χ3n) is 9.82. The molecule has 0 aromatic carbocycles. The zero-order valence-corrected chi connectivity index (χ0v) is 40.5. The molecule has 0 heterocycles. The lowest BCUT2D eigenvalue weighted by atomic mass is 10.1. The molecular weight excluding hydrogens is 789 g/mol. The van der Waals surface area contributed by atoms with Crippen molar-refractivity contribution in [1.82, 2.24) is 0 Å². The van der Waals surface area contributed by atoms with Gasteiger partial charge in [-0.3, -0.25) is 9.59 Å². The average molecular weight is 879 g/mol. The number of ether oxygens (including phenoxy) is 2. The van der Waals surface area contributed by atoms with Gasteiger partial charge in [-0.15, -0.1) is 0 Å². The second-order valence-electron chi connectivity index (χ2n) is 15.8. The lowest BCUT2D eigenvalue weighted by Crippen LogP contribution is -2.28. The van der Waals surface area contributed by atoms with Gasteiger partial charge in [0.1, 0.15) is 6.61 Å². The van der Waals surface area contributed by atoms with Crippen molar-refractivity contribution in [2.45, 2.75) is 187 Å². The SMILES string of the molecule is CC/C=C\C/C=C\C/C=C\C/C=C\C/C=C\C/C=C\C/C=C\C/C=C\C/C=C\CCCC(=O)OC(CO)COC(=O)CCCCCCCCCC/C=C\C/C=C\C/C=C\C/C=C\CC. The summed E-state index contributed by atoms with van der Waals surface area (Å²) in [5.74, 6) is -0.685. The zero-order valence-electron chi connectivity index (χ0n) is 40.5. The van der Waals surface area contributed by atoms with Crippen molar-refractivity contribution in [2.24, 2.45) is 0 Å². The van der Waals surface area contributed by atoms with Crippen LogP contribution in [0.5, 0.6) is 0 Å². The number of aliphatic hydroxyl groups excluding tert-OH is 1. The van der Waals surface area contributed by atoms with Gasteiger partial charge in [-0.05, 0) is 116 Å². The number of unbranched alkanes of at least 4 members (excludes halogenated alkanes) is 9. The largest absolute Gasteiger partial charge is 0.462 e. The van der Waals surface area contributed by atoms with Crippen LogP contribution >= 0.6 is 0 Å². The number of allylic oxidation sites excluding steroid dienone is 26. The first kappa shape index (κ1) is 59.5. The molecule has 0 aliphatic rings. The van der Waals surface area contributed by atoms with E-state index in [4.69, 9.17) is 9.47 Å². The predicted molar refractivity (Wildman–Crippen MR) is 278 cm³/mol. The smallest absolute Gasteiger partial charge is 0.306 e. The Morgan fingerprint density at radius 2 is 0.641 bits per heavy atom. The molecule has 0 rings (SSSR count). The molecule has 0 fully saturated rings.